The molecule has 0 heterocycles. The zero-order valence-electron chi connectivity index (χ0n) is 11.4. The molecule has 0 aliphatic heterocycles. The number of hydrogen-bond donors (Lipinski definition) is 0. The van der Waals surface area contributed by atoms with Crippen molar-refractivity contribution in [3.05, 3.63) is 58.7 Å². The quantitative estimate of drug-likeness (QED) is 0.636. The molecule has 0 N–H and O–H groups in total. The van der Waals surface area contributed by atoms with Crippen molar-refractivity contribution in [3.8, 4) is 11.1 Å². The van der Waals surface area contributed by atoms with Crippen molar-refractivity contribution in [2.75, 3.05) is 0 Å². The fraction of sp³-hybridized carbons (Fsp3) is 0.294. The fourth-order valence-electron chi connectivity index (χ4n) is 2.89. The first-order chi connectivity index (χ1) is 10.1. The van der Waals surface area contributed by atoms with Crippen LogP contribution in [0.5, 0.6) is 0 Å². The Labute approximate surface area is 120 Å². The van der Waals surface area contributed by atoms with Gasteiger partial charge in [0.05, 0.1) is 5.56 Å². The van der Waals surface area contributed by atoms with Gasteiger partial charge in [-0.25, -0.2) is 17.6 Å². The molecular weight excluding hydrogens is 280 g/mol. The third-order valence-electron chi connectivity index (χ3n) is 3.97. The fourth-order valence-corrected chi connectivity index (χ4v) is 2.89. The van der Waals surface area contributed by atoms with E-state index in [1.807, 2.05) is 0 Å². The molecule has 0 radical (unpaired) electrons. The third-order valence-corrected chi connectivity index (χ3v) is 3.97. The standard InChI is InChI=1S/C17H14F4/c18-13-7-4-8-14(19)15(13)12-9-10-5-2-1-3-6-11(16(10)20)17(12)21/h4,7-9H,1-3,5-6H2. The predicted octanol–water partition coefficient (Wildman–Crippen LogP) is 5.18. The smallest absolute Gasteiger partial charge is 0.137 e. The van der Waals surface area contributed by atoms with E-state index in [2.05, 4.69) is 0 Å². The van der Waals surface area contributed by atoms with Crippen LogP contribution in [0.4, 0.5) is 17.6 Å². The Morgan fingerprint density at radius 2 is 1.43 bits per heavy atom. The molecule has 2 aromatic rings. The number of hydrogen-bond acceptors (Lipinski definition) is 0. The first kappa shape index (κ1) is 14.1. The van der Waals surface area contributed by atoms with Crippen molar-refractivity contribution in [1.29, 1.82) is 0 Å². The van der Waals surface area contributed by atoms with Gasteiger partial charge in [-0.2, -0.15) is 0 Å². The molecule has 0 aromatic heterocycles. The van der Waals surface area contributed by atoms with Gasteiger partial charge in [-0.3, -0.25) is 0 Å². The molecule has 1 aliphatic carbocycles. The SMILES string of the molecule is Fc1cccc(F)c1-c1cc2c(F)c(c1F)CCCCC2. The van der Waals surface area contributed by atoms with Gasteiger partial charge >= 0.3 is 0 Å². The van der Waals surface area contributed by atoms with E-state index in [-0.39, 0.29) is 17.5 Å². The highest BCUT2D eigenvalue weighted by Crippen LogP contribution is 2.34. The van der Waals surface area contributed by atoms with E-state index in [0.29, 0.717) is 18.4 Å². The second-order valence-electron chi connectivity index (χ2n) is 5.35. The predicted molar refractivity (Wildman–Crippen MR) is 73.0 cm³/mol. The minimum absolute atomic E-state index is 0.0511. The monoisotopic (exact) mass is 294 g/mol. The number of halogens is 4. The van der Waals surface area contributed by atoms with Crippen molar-refractivity contribution in [2.24, 2.45) is 0 Å². The Morgan fingerprint density at radius 1 is 0.762 bits per heavy atom. The first-order valence-electron chi connectivity index (χ1n) is 7.03. The minimum atomic E-state index is -0.845. The van der Waals surface area contributed by atoms with Gasteiger partial charge in [0.2, 0.25) is 0 Å². The Balaban J connectivity index is 2.27. The van der Waals surface area contributed by atoms with E-state index in [0.717, 1.165) is 25.0 Å². The summed E-state index contributed by atoms with van der Waals surface area (Å²) in [6, 6.07) is 4.63. The van der Waals surface area contributed by atoms with Crippen molar-refractivity contribution in [1.82, 2.24) is 0 Å². The Morgan fingerprint density at radius 3 is 2.14 bits per heavy atom. The molecule has 0 spiro atoms. The molecule has 4 heteroatoms. The lowest BCUT2D eigenvalue weighted by molar-refractivity contribution is 0.517. The van der Waals surface area contributed by atoms with Gasteiger partial charge in [0, 0.05) is 11.1 Å². The minimum Gasteiger partial charge on any atom is -0.206 e. The highest BCUT2D eigenvalue weighted by atomic mass is 19.1. The molecule has 3 rings (SSSR count). The van der Waals surface area contributed by atoms with Gasteiger partial charge in [-0.1, -0.05) is 12.5 Å². The van der Waals surface area contributed by atoms with Gasteiger partial charge in [0.15, 0.2) is 0 Å². The molecule has 21 heavy (non-hydrogen) atoms. The molecule has 0 saturated heterocycles. The second kappa shape index (κ2) is 5.51. The zero-order valence-corrected chi connectivity index (χ0v) is 11.4. The van der Waals surface area contributed by atoms with Crippen molar-refractivity contribution in [3.63, 3.8) is 0 Å². The molecule has 2 bridgehead atoms. The van der Waals surface area contributed by atoms with Gasteiger partial charge in [-0.15, -0.1) is 0 Å². The molecule has 0 amide bonds. The van der Waals surface area contributed by atoms with E-state index in [1.165, 1.54) is 12.1 Å². The van der Waals surface area contributed by atoms with Crippen LogP contribution in [-0.2, 0) is 12.8 Å². The molecule has 2 aromatic carbocycles. The van der Waals surface area contributed by atoms with E-state index >= 15 is 0 Å². The summed E-state index contributed by atoms with van der Waals surface area (Å²) < 4.78 is 56.5. The summed E-state index contributed by atoms with van der Waals surface area (Å²) >= 11 is 0. The van der Waals surface area contributed by atoms with Gasteiger partial charge in [0.1, 0.15) is 23.3 Å². The number of fused-ring (bicyclic) bond motifs is 2. The maximum absolute atomic E-state index is 14.5. The van der Waals surface area contributed by atoms with Crippen LogP contribution >= 0.6 is 0 Å². The highest BCUT2D eigenvalue weighted by Gasteiger charge is 2.23. The molecule has 1 aliphatic rings. The van der Waals surface area contributed by atoms with Crippen LogP contribution in [-0.4, -0.2) is 0 Å². The Bertz CT molecular complexity index is 671. The summed E-state index contributed by atoms with van der Waals surface area (Å²) in [6.45, 7) is 0. The van der Waals surface area contributed by atoms with E-state index in [1.54, 1.807) is 0 Å². The summed E-state index contributed by atoms with van der Waals surface area (Å²) in [6.07, 6.45) is 3.08. The maximum Gasteiger partial charge on any atom is 0.137 e. The first-order valence-corrected chi connectivity index (χ1v) is 7.03. The molecule has 0 atom stereocenters. The largest absolute Gasteiger partial charge is 0.206 e. The van der Waals surface area contributed by atoms with Crippen LogP contribution in [0.2, 0.25) is 0 Å². The topological polar surface area (TPSA) is 0 Å². The van der Waals surface area contributed by atoms with Gasteiger partial charge in [0.25, 0.3) is 0 Å². The molecule has 0 saturated carbocycles. The summed E-state index contributed by atoms with van der Waals surface area (Å²) in [4.78, 5) is 0. The maximum atomic E-state index is 14.5. The van der Waals surface area contributed by atoms with Crippen LogP contribution in [0.25, 0.3) is 11.1 Å². The molecular formula is C17H14F4. The van der Waals surface area contributed by atoms with Crippen molar-refractivity contribution < 1.29 is 17.6 Å². The number of benzene rings is 2. The molecule has 0 unspecified atom stereocenters. The van der Waals surface area contributed by atoms with Crippen LogP contribution < -0.4 is 0 Å². The van der Waals surface area contributed by atoms with E-state index < -0.39 is 28.8 Å². The lowest BCUT2D eigenvalue weighted by Crippen LogP contribution is -2.08. The van der Waals surface area contributed by atoms with Crippen LogP contribution in [0, 0.1) is 23.3 Å². The van der Waals surface area contributed by atoms with E-state index in [4.69, 9.17) is 0 Å². The summed E-state index contributed by atoms with van der Waals surface area (Å²) in [5.41, 5.74) is -0.314. The lowest BCUT2D eigenvalue weighted by Gasteiger charge is -2.17. The van der Waals surface area contributed by atoms with Crippen molar-refractivity contribution >= 4 is 0 Å². The Kier molecular flexibility index (Phi) is 3.70. The second-order valence-corrected chi connectivity index (χ2v) is 5.35. The number of aryl methyl sites for hydroxylation is 1. The lowest BCUT2D eigenvalue weighted by atomic mass is 9.90. The number of rotatable bonds is 1. The van der Waals surface area contributed by atoms with Crippen molar-refractivity contribution in [2.45, 2.75) is 32.1 Å². The Hall–Kier alpha value is -1.84. The zero-order chi connectivity index (χ0) is 15.0. The highest BCUT2D eigenvalue weighted by molar-refractivity contribution is 5.67. The van der Waals surface area contributed by atoms with Gasteiger partial charge < -0.3 is 0 Å². The molecule has 0 nitrogen and oxygen atoms in total. The summed E-state index contributed by atoms with van der Waals surface area (Å²) in [7, 11) is 0. The van der Waals surface area contributed by atoms with E-state index in [9.17, 15) is 17.6 Å². The molecule has 0 fully saturated rings. The summed E-state index contributed by atoms with van der Waals surface area (Å²) in [5.74, 6) is -3.08. The molecule has 110 valence electrons. The normalized spacial score (nSPS) is 14.7. The average Bonchev–Trinajstić information content (AvgIpc) is 2.44. The summed E-state index contributed by atoms with van der Waals surface area (Å²) in [5, 5.41) is 0. The van der Waals surface area contributed by atoms with Crippen LogP contribution in [0.3, 0.4) is 0 Å². The van der Waals surface area contributed by atoms with Crippen LogP contribution in [0.1, 0.15) is 30.4 Å². The van der Waals surface area contributed by atoms with Crippen LogP contribution in [0.15, 0.2) is 24.3 Å². The van der Waals surface area contributed by atoms with Gasteiger partial charge in [-0.05, 0) is 49.4 Å². The average molecular weight is 294 g/mol. The third kappa shape index (κ3) is 2.43.